The largest absolute Gasteiger partial charge is 0.385 e. The van der Waals surface area contributed by atoms with Gasteiger partial charge in [0, 0.05) is 18.8 Å². The number of benzene rings is 3. The van der Waals surface area contributed by atoms with Crippen LogP contribution in [0.15, 0.2) is 84.3 Å². The molecule has 0 aliphatic heterocycles. The Labute approximate surface area is 225 Å². The van der Waals surface area contributed by atoms with E-state index in [9.17, 15) is 8.42 Å². The van der Waals surface area contributed by atoms with E-state index in [1.165, 1.54) is 11.3 Å². The van der Waals surface area contributed by atoms with Gasteiger partial charge in [0.05, 0.1) is 10.6 Å². The SMILES string of the molecule is C=Cc1ccc(S(=O)(=O)N(CC(C)C)c2ccccc2CC)cc1.CCc1ccccc1NCC(C)C. The van der Waals surface area contributed by atoms with Crippen molar-refractivity contribution in [2.75, 3.05) is 22.7 Å². The Morgan fingerprint density at radius 2 is 1.38 bits per heavy atom. The lowest BCUT2D eigenvalue weighted by Crippen LogP contribution is -2.35. The molecule has 0 saturated heterocycles. The van der Waals surface area contributed by atoms with Crippen molar-refractivity contribution in [2.45, 2.75) is 59.3 Å². The Hall–Kier alpha value is -3.05. The minimum absolute atomic E-state index is 0.220. The molecule has 3 rings (SSSR count). The zero-order valence-corrected chi connectivity index (χ0v) is 24.2. The molecule has 200 valence electrons. The smallest absolute Gasteiger partial charge is 0.264 e. The van der Waals surface area contributed by atoms with Crippen molar-refractivity contribution < 1.29 is 8.42 Å². The molecule has 0 bridgehead atoms. The second kappa shape index (κ2) is 14.6. The second-order valence-electron chi connectivity index (χ2n) is 9.97. The van der Waals surface area contributed by atoms with E-state index in [4.69, 9.17) is 0 Å². The van der Waals surface area contributed by atoms with Crippen LogP contribution in [0.25, 0.3) is 6.08 Å². The van der Waals surface area contributed by atoms with E-state index < -0.39 is 10.0 Å². The second-order valence-corrected chi connectivity index (χ2v) is 11.8. The quantitative estimate of drug-likeness (QED) is 0.278. The van der Waals surface area contributed by atoms with Crippen molar-refractivity contribution in [3.63, 3.8) is 0 Å². The summed E-state index contributed by atoms with van der Waals surface area (Å²) in [6.07, 6.45) is 3.59. The third-order valence-electron chi connectivity index (χ3n) is 5.98. The summed E-state index contributed by atoms with van der Waals surface area (Å²) < 4.78 is 28.0. The first-order valence-corrected chi connectivity index (χ1v) is 14.7. The minimum atomic E-state index is -3.61. The maximum absolute atomic E-state index is 13.2. The van der Waals surface area contributed by atoms with E-state index in [1.54, 1.807) is 34.6 Å². The molecule has 5 heteroatoms. The minimum Gasteiger partial charge on any atom is -0.385 e. The highest BCUT2D eigenvalue weighted by Gasteiger charge is 2.27. The zero-order valence-electron chi connectivity index (χ0n) is 23.4. The van der Waals surface area contributed by atoms with Gasteiger partial charge in [-0.05, 0) is 65.6 Å². The summed E-state index contributed by atoms with van der Waals surface area (Å²) in [6, 6.07) is 23.1. The van der Waals surface area contributed by atoms with Crippen molar-refractivity contribution in [2.24, 2.45) is 11.8 Å². The number of aryl methyl sites for hydroxylation is 2. The van der Waals surface area contributed by atoms with E-state index in [-0.39, 0.29) is 5.92 Å². The van der Waals surface area contributed by atoms with Crippen molar-refractivity contribution in [1.82, 2.24) is 0 Å². The molecule has 3 aromatic carbocycles. The molecule has 0 aliphatic rings. The van der Waals surface area contributed by atoms with Gasteiger partial charge in [-0.2, -0.15) is 0 Å². The number of nitrogens with zero attached hydrogens (tertiary/aromatic N) is 1. The van der Waals surface area contributed by atoms with Crippen molar-refractivity contribution >= 4 is 27.5 Å². The molecule has 0 radical (unpaired) electrons. The number of hydrogen-bond donors (Lipinski definition) is 1. The van der Waals surface area contributed by atoms with Crippen LogP contribution in [-0.4, -0.2) is 21.5 Å². The fourth-order valence-corrected chi connectivity index (χ4v) is 5.59. The molecule has 0 aromatic heterocycles. The van der Waals surface area contributed by atoms with Crippen molar-refractivity contribution in [1.29, 1.82) is 0 Å². The topological polar surface area (TPSA) is 49.4 Å². The molecule has 0 atom stereocenters. The third kappa shape index (κ3) is 8.78. The van der Waals surface area contributed by atoms with Crippen molar-refractivity contribution in [3.8, 4) is 0 Å². The van der Waals surface area contributed by atoms with E-state index >= 15 is 0 Å². The lowest BCUT2D eigenvalue weighted by Gasteiger charge is -2.28. The van der Waals surface area contributed by atoms with Gasteiger partial charge in [0.1, 0.15) is 0 Å². The summed E-state index contributed by atoms with van der Waals surface area (Å²) in [6.45, 7) is 17.9. The molecule has 4 nitrogen and oxygen atoms in total. The van der Waals surface area contributed by atoms with Crippen LogP contribution in [0, 0.1) is 11.8 Å². The van der Waals surface area contributed by atoms with E-state index in [1.807, 2.05) is 45.0 Å². The Morgan fingerprint density at radius 1 is 0.811 bits per heavy atom. The highest BCUT2D eigenvalue weighted by atomic mass is 32.2. The molecule has 37 heavy (non-hydrogen) atoms. The zero-order chi connectivity index (χ0) is 27.4. The van der Waals surface area contributed by atoms with Crippen LogP contribution in [0.5, 0.6) is 0 Å². The first-order valence-electron chi connectivity index (χ1n) is 13.3. The maximum Gasteiger partial charge on any atom is 0.264 e. The Morgan fingerprint density at radius 3 is 1.92 bits per heavy atom. The molecule has 0 aliphatic carbocycles. The van der Waals surface area contributed by atoms with Gasteiger partial charge in [0.2, 0.25) is 0 Å². The van der Waals surface area contributed by atoms with Crippen molar-refractivity contribution in [3.05, 3.63) is 96.1 Å². The normalized spacial score (nSPS) is 11.1. The summed E-state index contributed by atoms with van der Waals surface area (Å²) in [5.41, 5.74) is 5.39. The lowest BCUT2D eigenvalue weighted by atomic mass is 10.1. The summed E-state index contributed by atoms with van der Waals surface area (Å²) in [7, 11) is -3.61. The molecule has 0 saturated carbocycles. The number of anilines is 2. The first kappa shape index (κ1) is 30.2. The summed E-state index contributed by atoms with van der Waals surface area (Å²) >= 11 is 0. The van der Waals surface area contributed by atoms with E-state index in [0.29, 0.717) is 17.4 Å². The summed E-state index contributed by atoms with van der Waals surface area (Å²) in [4.78, 5) is 0.305. The molecular formula is C32H44N2O2S. The van der Waals surface area contributed by atoms with E-state index in [0.717, 1.165) is 36.2 Å². The molecule has 0 heterocycles. The molecule has 0 amide bonds. The summed E-state index contributed by atoms with van der Waals surface area (Å²) in [5, 5.41) is 3.46. The predicted molar refractivity (Wildman–Crippen MR) is 161 cm³/mol. The van der Waals surface area contributed by atoms with Crippen LogP contribution >= 0.6 is 0 Å². The molecular weight excluding hydrogens is 476 g/mol. The highest BCUT2D eigenvalue weighted by molar-refractivity contribution is 7.92. The van der Waals surface area contributed by atoms with Crippen LogP contribution in [0.2, 0.25) is 0 Å². The predicted octanol–water partition coefficient (Wildman–Crippen LogP) is 8.06. The highest BCUT2D eigenvalue weighted by Crippen LogP contribution is 2.28. The van der Waals surface area contributed by atoms with Gasteiger partial charge in [0.15, 0.2) is 0 Å². The van der Waals surface area contributed by atoms with Gasteiger partial charge in [-0.3, -0.25) is 4.31 Å². The third-order valence-corrected chi connectivity index (χ3v) is 7.77. The van der Waals surface area contributed by atoms with Crippen LogP contribution < -0.4 is 9.62 Å². The van der Waals surface area contributed by atoms with Crippen LogP contribution in [0.1, 0.15) is 58.2 Å². The molecule has 0 fully saturated rings. The lowest BCUT2D eigenvalue weighted by molar-refractivity contribution is 0.577. The molecule has 1 N–H and O–H groups in total. The van der Waals surface area contributed by atoms with Gasteiger partial charge in [-0.25, -0.2) is 8.42 Å². The van der Waals surface area contributed by atoms with Crippen LogP contribution in [0.3, 0.4) is 0 Å². The van der Waals surface area contributed by atoms with Gasteiger partial charge in [-0.15, -0.1) is 0 Å². The molecule has 0 spiro atoms. The van der Waals surface area contributed by atoms with Crippen LogP contribution in [0.4, 0.5) is 11.4 Å². The number of rotatable bonds is 11. The average molecular weight is 521 g/mol. The van der Waals surface area contributed by atoms with Gasteiger partial charge >= 0.3 is 0 Å². The fourth-order valence-electron chi connectivity index (χ4n) is 3.93. The fraction of sp³-hybridized carbons (Fsp3) is 0.375. The standard InChI is InChI=1S/C20H25NO2S.C12H19N/c1-5-17-11-13-19(14-12-17)24(22,23)21(15-16(3)4)20-10-8-7-9-18(20)6-2;1-4-11-7-5-6-8-12(11)13-9-10(2)3/h5,7-14,16H,1,6,15H2,2-4H3;5-8,10,13H,4,9H2,1-3H3. The average Bonchev–Trinajstić information content (AvgIpc) is 2.90. The Bertz CT molecular complexity index is 1220. The van der Waals surface area contributed by atoms with Gasteiger partial charge in [0.25, 0.3) is 10.0 Å². The number of hydrogen-bond acceptors (Lipinski definition) is 3. The molecule has 3 aromatic rings. The summed E-state index contributed by atoms with van der Waals surface area (Å²) in [5.74, 6) is 0.919. The maximum atomic E-state index is 13.2. The van der Waals surface area contributed by atoms with Crippen LogP contribution in [-0.2, 0) is 22.9 Å². The van der Waals surface area contributed by atoms with E-state index in [2.05, 4.69) is 56.9 Å². The Kier molecular flexibility index (Phi) is 11.9. The first-order chi connectivity index (χ1) is 17.6. The van der Waals surface area contributed by atoms with Gasteiger partial charge < -0.3 is 5.32 Å². The van der Waals surface area contributed by atoms with Gasteiger partial charge in [-0.1, -0.05) is 103 Å². The molecule has 0 unspecified atom stereocenters. The number of sulfonamides is 1. The number of para-hydroxylation sites is 2. The Balaban J connectivity index is 0.000000312. The number of nitrogens with one attached hydrogen (secondary N) is 1. The monoisotopic (exact) mass is 520 g/mol.